The van der Waals surface area contributed by atoms with Crippen molar-refractivity contribution < 1.29 is 0 Å². The van der Waals surface area contributed by atoms with Crippen molar-refractivity contribution in [2.45, 2.75) is 39.7 Å². The molecule has 1 aliphatic rings. The Morgan fingerprint density at radius 3 is 2.56 bits per heavy atom. The number of rotatable bonds is 1. The largest absolute Gasteiger partial charge is 0.314 e. The highest BCUT2D eigenvalue weighted by atomic mass is 15.0. The van der Waals surface area contributed by atoms with Crippen LogP contribution in [0.4, 0.5) is 0 Å². The third-order valence-electron chi connectivity index (χ3n) is 2.53. The van der Waals surface area contributed by atoms with Crippen LogP contribution < -0.4 is 5.32 Å². The van der Waals surface area contributed by atoms with Gasteiger partial charge in [-0.05, 0) is 25.2 Å². The lowest BCUT2D eigenvalue weighted by Crippen LogP contribution is -2.19. The van der Waals surface area contributed by atoms with Crippen molar-refractivity contribution in [2.75, 3.05) is 6.54 Å². The van der Waals surface area contributed by atoms with Gasteiger partial charge in [-0.2, -0.15) is 0 Å². The maximum absolute atomic E-state index is 3.46. The van der Waals surface area contributed by atoms with Gasteiger partial charge < -0.3 is 5.32 Å². The molecule has 2 unspecified atom stereocenters. The molecule has 0 spiro atoms. The van der Waals surface area contributed by atoms with Crippen molar-refractivity contribution in [3.8, 4) is 0 Å². The van der Waals surface area contributed by atoms with Crippen LogP contribution in [-0.4, -0.2) is 12.6 Å². The SMILES string of the molecule is CCC1(C)CNC(C)C1. The van der Waals surface area contributed by atoms with Crippen molar-refractivity contribution in [1.29, 1.82) is 0 Å². The molecule has 1 nitrogen and oxygen atoms in total. The van der Waals surface area contributed by atoms with Crippen molar-refractivity contribution in [3.05, 3.63) is 0 Å². The van der Waals surface area contributed by atoms with Crippen LogP contribution >= 0.6 is 0 Å². The van der Waals surface area contributed by atoms with Gasteiger partial charge in [0.1, 0.15) is 0 Å². The summed E-state index contributed by atoms with van der Waals surface area (Å²) in [6.45, 7) is 8.12. The Balaban J connectivity index is 2.45. The second-order valence-corrected chi connectivity index (χ2v) is 3.65. The first-order valence-electron chi connectivity index (χ1n) is 3.90. The maximum atomic E-state index is 3.46. The van der Waals surface area contributed by atoms with Gasteiger partial charge in [0, 0.05) is 12.6 Å². The van der Waals surface area contributed by atoms with Crippen LogP contribution in [0.2, 0.25) is 0 Å². The van der Waals surface area contributed by atoms with E-state index in [4.69, 9.17) is 0 Å². The van der Waals surface area contributed by atoms with Crippen molar-refractivity contribution in [3.63, 3.8) is 0 Å². The van der Waals surface area contributed by atoms with Crippen LogP contribution in [0.3, 0.4) is 0 Å². The number of hydrogen-bond donors (Lipinski definition) is 1. The molecule has 2 atom stereocenters. The van der Waals surface area contributed by atoms with E-state index in [1.54, 1.807) is 0 Å². The first-order valence-corrected chi connectivity index (χ1v) is 3.90. The van der Waals surface area contributed by atoms with Gasteiger partial charge in [0.15, 0.2) is 0 Å². The minimum absolute atomic E-state index is 0.597. The Labute approximate surface area is 57.8 Å². The lowest BCUT2D eigenvalue weighted by atomic mass is 9.85. The molecule has 0 radical (unpaired) electrons. The molecule has 54 valence electrons. The first kappa shape index (κ1) is 7.07. The van der Waals surface area contributed by atoms with E-state index in [0.717, 1.165) is 6.04 Å². The van der Waals surface area contributed by atoms with Crippen LogP contribution in [0.15, 0.2) is 0 Å². The Hall–Kier alpha value is -0.0400. The first-order chi connectivity index (χ1) is 4.16. The van der Waals surface area contributed by atoms with Crippen LogP contribution in [0.5, 0.6) is 0 Å². The van der Waals surface area contributed by atoms with E-state index >= 15 is 0 Å². The van der Waals surface area contributed by atoms with Crippen molar-refractivity contribution >= 4 is 0 Å². The molecule has 0 aliphatic carbocycles. The summed E-state index contributed by atoms with van der Waals surface area (Å²) in [7, 11) is 0. The molecular formula is C8H17N. The second kappa shape index (κ2) is 2.30. The highest BCUT2D eigenvalue weighted by Crippen LogP contribution is 2.30. The van der Waals surface area contributed by atoms with Gasteiger partial charge in [-0.1, -0.05) is 13.8 Å². The summed E-state index contributed by atoms with van der Waals surface area (Å²) in [6, 6.07) is 0.745. The van der Waals surface area contributed by atoms with E-state index in [1.165, 1.54) is 19.4 Å². The van der Waals surface area contributed by atoms with Gasteiger partial charge >= 0.3 is 0 Å². The third-order valence-corrected chi connectivity index (χ3v) is 2.53. The normalized spacial score (nSPS) is 43.7. The fourth-order valence-corrected chi connectivity index (χ4v) is 1.57. The lowest BCUT2D eigenvalue weighted by Gasteiger charge is -2.19. The molecule has 1 heteroatoms. The molecule has 0 aromatic heterocycles. The molecule has 1 aliphatic heterocycles. The van der Waals surface area contributed by atoms with E-state index in [0.29, 0.717) is 5.41 Å². The maximum Gasteiger partial charge on any atom is 0.00446 e. The summed E-state index contributed by atoms with van der Waals surface area (Å²) < 4.78 is 0. The fraction of sp³-hybridized carbons (Fsp3) is 1.00. The Kier molecular flexibility index (Phi) is 1.80. The quantitative estimate of drug-likeness (QED) is 0.566. The van der Waals surface area contributed by atoms with Gasteiger partial charge in [-0.25, -0.2) is 0 Å². The summed E-state index contributed by atoms with van der Waals surface area (Å²) in [5.74, 6) is 0. The molecule has 0 aromatic rings. The molecular weight excluding hydrogens is 110 g/mol. The Morgan fingerprint density at radius 2 is 2.33 bits per heavy atom. The molecule has 0 amide bonds. The molecule has 1 fully saturated rings. The average molecular weight is 127 g/mol. The molecule has 0 saturated carbocycles. The topological polar surface area (TPSA) is 12.0 Å². The number of nitrogens with one attached hydrogen (secondary N) is 1. The highest BCUT2D eigenvalue weighted by molar-refractivity contribution is 4.87. The highest BCUT2D eigenvalue weighted by Gasteiger charge is 2.30. The second-order valence-electron chi connectivity index (χ2n) is 3.65. The molecule has 1 heterocycles. The summed E-state index contributed by atoms with van der Waals surface area (Å²) in [4.78, 5) is 0. The molecule has 1 saturated heterocycles. The predicted octanol–water partition coefficient (Wildman–Crippen LogP) is 1.78. The summed E-state index contributed by atoms with van der Waals surface area (Å²) >= 11 is 0. The standard InChI is InChI=1S/C8H17N/c1-4-8(3)5-7(2)9-6-8/h7,9H,4-6H2,1-3H3. The monoisotopic (exact) mass is 127 g/mol. The van der Waals surface area contributed by atoms with Crippen molar-refractivity contribution in [1.82, 2.24) is 5.32 Å². The van der Waals surface area contributed by atoms with Crippen LogP contribution in [0.1, 0.15) is 33.6 Å². The smallest absolute Gasteiger partial charge is 0.00446 e. The molecule has 0 aromatic carbocycles. The predicted molar refractivity (Wildman–Crippen MR) is 40.5 cm³/mol. The summed E-state index contributed by atoms with van der Waals surface area (Å²) in [5.41, 5.74) is 0.597. The average Bonchev–Trinajstić information content (AvgIpc) is 2.13. The molecule has 9 heavy (non-hydrogen) atoms. The van der Waals surface area contributed by atoms with Gasteiger partial charge in [0.2, 0.25) is 0 Å². The van der Waals surface area contributed by atoms with E-state index in [-0.39, 0.29) is 0 Å². The summed E-state index contributed by atoms with van der Waals surface area (Å²) in [6.07, 6.45) is 2.66. The van der Waals surface area contributed by atoms with Crippen LogP contribution in [-0.2, 0) is 0 Å². The van der Waals surface area contributed by atoms with E-state index in [9.17, 15) is 0 Å². The fourth-order valence-electron chi connectivity index (χ4n) is 1.57. The zero-order chi connectivity index (χ0) is 6.91. The molecule has 1 rings (SSSR count). The van der Waals surface area contributed by atoms with Gasteiger partial charge in [-0.3, -0.25) is 0 Å². The van der Waals surface area contributed by atoms with Crippen molar-refractivity contribution in [2.24, 2.45) is 5.41 Å². The summed E-state index contributed by atoms with van der Waals surface area (Å²) in [5, 5.41) is 3.46. The zero-order valence-electron chi connectivity index (χ0n) is 6.70. The van der Waals surface area contributed by atoms with Gasteiger partial charge in [0.05, 0.1) is 0 Å². The zero-order valence-corrected chi connectivity index (χ0v) is 6.70. The van der Waals surface area contributed by atoms with E-state index in [1.807, 2.05) is 0 Å². The minimum atomic E-state index is 0.597. The third kappa shape index (κ3) is 1.45. The van der Waals surface area contributed by atoms with Gasteiger partial charge in [0.25, 0.3) is 0 Å². The number of hydrogen-bond acceptors (Lipinski definition) is 1. The molecule has 0 bridgehead atoms. The lowest BCUT2D eigenvalue weighted by molar-refractivity contribution is 0.344. The van der Waals surface area contributed by atoms with Crippen LogP contribution in [0.25, 0.3) is 0 Å². The Bertz CT molecular complexity index is 101. The Morgan fingerprint density at radius 1 is 1.67 bits per heavy atom. The minimum Gasteiger partial charge on any atom is -0.314 e. The van der Waals surface area contributed by atoms with E-state index in [2.05, 4.69) is 26.1 Å². The molecule has 1 N–H and O–H groups in total. The van der Waals surface area contributed by atoms with E-state index < -0.39 is 0 Å². The van der Waals surface area contributed by atoms with Gasteiger partial charge in [-0.15, -0.1) is 0 Å². The van der Waals surface area contributed by atoms with Crippen LogP contribution in [0, 0.1) is 5.41 Å².